The lowest BCUT2D eigenvalue weighted by atomic mass is 9.99. The van der Waals surface area contributed by atoms with Crippen molar-refractivity contribution >= 4 is 29.5 Å². The number of aliphatic carboxylic acids is 1. The highest BCUT2D eigenvalue weighted by molar-refractivity contribution is 8.00. The summed E-state index contributed by atoms with van der Waals surface area (Å²) in [5.74, 6) is -0.721. The van der Waals surface area contributed by atoms with Gasteiger partial charge >= 0.3 is 5.97 Å². The number of rotatable bonds is 5. The molecule has 17 heavy (non-hydrogen) atoms. The summed E-state index contributed by atoms with van der Waals surface area (Å²) in [5.41, 5.74) is -1.27. The van der Waals surface area contributed by atoms with Gasteiger partial charge in [-0.15, -0.1) is 11.8 Å². The molecule has 0 bridgehead atoms. The first kappa shape index (κ1) is 13.8. The minimum atomic E-state index is -1.27. The Balaban J connectivity index is 2.54. The summed E-state index contributed by atoms with van der Waals surface area (Å²) in [6.07, 6.45) is 0.288. The molecule has 1 atom stereocenters. The third kappa shape index (κ3) is 3.36. The molecule has 96 valence electrons. The summed E-state index contributed by atoms with van der Waals surface area (Å²) in [6.45, 7) is 3.06. The molecule has 1 aliphatic rings. The maximum atomic E-state index is 11.6. The van der Waals surface area contributed by atoms with Crippen LogP contribution in [0, 0.1) is 0 Å². The fourth-order valence-corrected chi connectivity index (χ4v) is 2.26. The van der Waals surface area contributed by atoms with Crippen LogP contribution in [0.1, 0.15) is 20.3 Å². The van der Waals surface area contributed by atoms with Gasteiger partial charge in [0, 0.05) is 0 Å². The molecule has 2 N–H and O–H groups in total. The molecule has 1 rings (SSSR count). The number of carboxylic acids is 1. The Morgan fingerprint density at radius 1 is 1.59 bits per heavy atom. The standard InChI is InChI=1S/C10H16N2O4S/c1-3-10(2,9(15)16)11-7(13)4-12-6-17-5-8(12)14/h3-6H2,1-2H3,(H,11,13)(H,15,16). The third-order valence-corrected chi connectivity index (χ3v) is 3.70. The Hall–Kier alpha value is -1.24. The molecule has 0 spiro atoms. The normalized spacial score (nSPS) is 18.9. The molecule has 2 amide bonds. The van der Waals surface area contributed by atoms with E-state index in [0.717, 1.165) is 0 Å². The maximum absolute atomic E-state index is 11.6. The molecule has 0 aromatic heterocycles. The van der Waals surface area contributed by atoms with Gasteiger partial charge < -0.3 is 15.3 Å². The fraction of sp³-hybridized carbons (Fsp3) is 0.700. The van der Waals surface area contributed by atoms with Crippen LogP contribution in [0.25, 0.3) is 0 Å². The molecule has 0 aliphatic carbocycles. The zero-order valence-corrected chi connectivity index (χ0v) is 10.7. The lowest BCUT2D eigenvalue weighted by molar-refractivity contribution is -0.147. The second kappa shape index (κ2) is 5.39. The van der Waals surface area contributed by atoms with Gasteiger partial charge in [0.15, 0.2) is 0 Å². The second-order valence-corrected chi connectivity index (χ2v) is 5.06. The highest BCUT2D eigenvalue weighted by Crippen LogP contribution is 2.15. The van der Waals surface area contributed by atoms with Crippen LogP contribution in [0.3, 0.4) is 0 Å². The average Bonchev–Trinajstić information content (AvgIpc) is 2.63. The Morgan fingerprint density at radius 3 is 2.65 bits per heavy atom. The van der Waals surface area contributed by atoms with Gasteiger partial charge in [-0.2, -0.15) is 0 Å². The van der Waals surface area contributed by atoms with Crippen molar-refractivity contribution in [1.82, 2.24) is 10.2 Å². The van der Waals surface area contributed by atoms with Crippen LogP contribution in [0.5, 0.6) is 0 Å². The molecule has 1 fully saturated rings. The number of hydrogen-bond donors (Lipinski definition) is 2. The van der Waals surface area contributed by atoms with E-state index in [1.54, 1.807) is 6.92 Å². The number of carbonyl (C=O) groups excluding carboxylic acids is 2. The molecule has 1 unspecified atom stereocenters. The molecule has 0 radical (unpaired) electrons. The van der Waals surface area contributed by atoms with E-state index in [2.05, 4.69) is 5.32 Å². The Kier molecular flexibility index (Phi) is 4.39. The van der Waals surface area contributed by atoms with Gasteiger partial charge in [0.2, 0.25) is 11.8 Å². The van der Waals surface area contributed by atoms with Gasteiger partial charge in [-0.25, -0.2) is 4.79 Å². The van der Waals surface area contributed by atoms with E-state index in [1.165, 1.54) is 23.6 Å². The monoisotopic (exact) mass is 260 g/mol. The van der Waals surface area contributed by atoms with Crippen LogP contribution in [-0.2, 0) is 14.4 Å². The van der Waals surface area contributed by atoms with Crippen LogP contribution in [0.4, 0.5) is 0 Å². The Labute approximate surface area is 104 Å². The highest BCUT2D eigenvalue weighted by atomic mass is 32.2. The maximum Gasteiger partial charge on any atom is 0.329 e. The quantitative estimate of drug-likeness (QED) is 0.720. The molecule has 6 nitrogen and oxygen atoms in total. The van der Waals surface area contributed by atoms with Crippen LogP contribution >= 0.6 is 11.8 Å². The van der Waals surface area contributed by atoms with E-state index in [9.17, 15) is 14.4 Å². The number of nitrogens with zero attached hydrogens (tertiary/aromatic N) is 1. The van der Waals surface area contributed by atoms with Crippen molar-refractivity contribution in [3.05, 3.63) is 0 Å². The summed E-state index contributed by atoms with van der Waals surface area (Å²) in [6, 6.07) is 0. The summed E-state index contributed by atoms with van der Waals surface area (Å²) in [4.78, 5) is 35.3. The van der Waals surface area contributed by atoms with Crippen molar-refractivity contribution in [3.8, 4) is 0 Å². The highest BCUT2D eigenvalue weighted by Gasteiger charge is 2.33. The molecular weight excluding hydrogens is 244 g/mol. The van der Waals surface area contributed by atoms with E-state index in [1.807, 2.05) is 0 Å². The summed E-state index contributed by atoms with van der Waals surface area (Å²) in [7, 11) is 0. The first-order valence-electron chi connectivity index (χ1n) is 5.29. The molecule has 1 heterocycles. The predicted octanol–water partition coefficient (Wildman–Crippen LogP) is -0.111. The SMILES string of the molecule is CCC(C)(NC(=O)CN1CSCC1=O)C(=O)O. The van der Waals surface area contributed by atoms with Gasteiger partial charge in [0.1, 0.15) is 12.1 Å². The van der Waals surface area contributed by atoms with E-state index in [0.29, 0.717) is 11.6 Å². The molecule has 0 aromatic rings. The summed E-state index contributed by atoms with van der Waals surface area (Å²) < 4.78 is 0. The lowest BCUT2D eigenvalue weighted by Crippen LogP contribution is -2.54. The smallest absolute Gasteiger partial charge is 0.329 e. The summed E-state index contributed by atoms with van der Waals surface area (Å²) >= 11 is 1.44. The molecule has 0 aromatic carbocycles. The van der Waals surface area contributed by atoms with Gasteiger partial charge in [0.05, 0.1) is 11.6 Å². The van der Waals surface area contributed by atoms with E-state index < -0.39 is 17.4 Å². The Morgan fingerprint density at radius 2 is 2.24 bits per heavy atom. The number of amides is 2. The average molecular weight is 260 g/mol. The fourth-order valence-electron chi connectivity index (χ4n) is 1.35. The molecular formula is C10H16N2O4S. The van der Waals surface area contributed by atoms with Crippen LogP contribution in [-0.4, -0.2) is 51.5 Å². The minimum Gasteiger partial charge on any atom is -0.480 e. The second-order valence-electron chi connectivity index (χ2n) is 4.11. The third-order valence-electron chi connectivity index (χ3n) is 2.75. The van der Waals surface area contributed by atoms with Crippen LogP contribution in [0.2, 0.25) is 0 Å². The number of hydrogen-bond acceptors (Lipinski definition) is 4. The number of carbonyl (C=O) groups is 3. The molecule has 1 saturated heterocycles. The van der Waals surface area contributed by atoms with Crippen molar-refractivity contribution in [2.24, 2.45) is 0 Å². The minimum absolute atomic E-state index is 0.0747. The van der Waals surface area contributed by atoms with Crippen LogP contribution in [0.15, 0.2) is 0 Å². The van der Waals surface area contributed by atoms with Crippen molar-refractivity contribution in [2.45, 2.75) is 25.8 Å². The predicted molar refractivity (Wildman–Crippen MR) is 63.5 cm³/mol. The van der Waals surface area contributed by atoms with Crippen LogP contribution < -0.4 is 5.32 Å². The first-order chi connectivity index (χ1) is 7.89. The largest absolute Gasteiger partial charge is 0.480 e. The van der Waals surface area contributed by atoms with Crippen molar-refractivity contribution in [3.63, 3.8) is 0 Å². The lowest BCUT2D eigenvalue weighted by Gasteiger charge is -2.25. The van der Waals surface area contributed by atoms with E-state index >= 15 is 0 Å². The van der Waals surface area contributed by atoms with E-state index in [4.69, 9.17) is 5.11 Å². The number of nitrogens with one attached hydrogen (secondary N) is 1. The van der Waals surface area contributed by atoms with Crippen molar-refractivity contribution in [2.75, 3.05) is 18.2 Å². The molecule has 0 saturated carbocycles. The van der Waals surface area contributed by atoms with E-state index in [-0.39, 0.29) is 18.9 Å². The van der Waals surface area contributed by atoms with Gasteiger partial charge in [0.25, 0.3) is 0 Å². The molecule has 1 aliphatic heterocycles. The summed E-state index contributed by atoms with van der Waals surface area (Å²) in [5, 5.41) is 11.4. The van der Waals surface area contributed by atoms with Gasteiger partial charge in [-0.3, -0.25) is 9.59 Å². The van der Waals surface area contributed by atoms with Gasteiger partial charge in [-0.05, 0) is 13.3 Å². The molecule has 7 heteroatoms. The zero-order valence-electron chi connectivity index (χ0n) is 9.86. The zero-order chi connectivity index (χ0) is 13.1. The van der Waals surface area contributed by atoms with Crippen molar-refractivity contribution in [1.29, 1.82) is 0 Å². The Bertz CT molecular complexity index is 347. The number of thioether (sulfide) groups is 1. The number of carboxylic acid groups (broad SMARTS) is 1. The topological polar surface area (TPSA) is 86.7 Å². The first-order valence-corrected chi connectivity index (χ1v) is 6.44. The van der Waals surface area contributed by atoms with Crippen molar-refractivity contribution < 1.29 is 19.5 Å². The van der Waals surface area contributed by atoms with Gasteiger partial charge in [-0.1, -0.05) is 6.92 Å².